The molecule has 1 N–H and O–H groups in total. The van der Waals surface area contributed by atoms with E-state index in [0.29, 0.717) is 11.5 Å². The standard InChI is InChI=1S/C17H29N/c1-5-18-16(12-9-13-17(2,3)4)14-15-10-7-6-8-11-15/h6-8,10-11,16,18H,5,9,12-14H2,1-4H3. The van der Waals surface area contributed by atoms with Crippen molar-refractivity contribution < 1.29 is 0 Å². The Morgan fingerprint density at radius 3 is 2.33 bits per heavy atom. The number of hydrogen-bond donors (Lipinski definition) is 1. The molecule has 0 aliphatic rings. The Morgan fingerprint density at radius 2 is 1.78 bits per heavy atom. The summed E-state index contributed by atoms with van der Waals surface area (Å²) in [6.45, 7) is 10.2. The molecule has 0 aliphatic carbocycles. The van der Waals surface area contributed by atoms with Gasteiger partial charge in [0.1, 0.15) is 0 Å². The number of benzene rings is 1. The molecule has 0 fully saturated rings. The molecule has 0 radical (unpaired) electrons. The van der Waals surface area contributed by atoms with Gasteiger partial charge in [-0.2, -0.15) is 0 Å². The van der Waals surface area contributed by atoms with Crippen LogP contribution < -0.4 is 5.32 Å². The number of hydrogen-bond acceptors (Lipinski definition) is 1. The molecule has 0 saturated heterocycles. The zero-order chi connectivity index (χ0) is 13.4. The second kappa shape index (κ2) is 7.58. The Hall–Kier alpha value is -0.820. The van der Waals surface area contributed by atoms with Crippen molar-refractivity contribution in [1.29, 1.82) is 0 Å². The third-order valence-electron chi connectivity index (χ3n) is 3.30. The maximum absolute atomic E-state index is 3.62. The van der Waals surface area contributed by atoms with Crippen molar-refractivity contribution in [2.45, 2.75) is 59.4 Å². The number of rotatable bonds is 7. The zero-order valence-corrected chi connectivity index (χ0v) is 12.5. The molecular weight excluding hydrogens is 218 g/mol. The van der Waals surface area contributed by atoms with Gasteiger partial charge in [-0.1, -0.05) is 64.4 Å². The topological polar surface area (TPSA) is 12.0 Å². The third kappa shape index (κ3) is 6.80. The first-order valence-corrected chi connectivity index (χ1v) is 7.28. The summed E-state index contributed by atoms with van der Waals surface area (Å²) in [5.41, 5.74) is 1.91. The fourth-order valence-electron chi connectivity index (χ4n) is 2.34. The van der Waals surface area contributed by atoms with E-state index in [9.17, 15) is 0 Å². The van der Waals surface area contributed by atoms with E-state index in [4.69, 9.17) is 0 Å². The fraction of sp³-hybridized carbons (Fsp3) is 0.647. The van der Waals surface area contributed by atoms with E-state index in [1.165, 1.54) is 24.8 Å². The van der Waals surface area contributed by atoms with Crippen LogP contribution >= 0.6 is 0 Å². The average molecular weight is 247 g/mol. The van der Waals surface area contributed by atoms with E-state index in [1.807, 2.05) is 0 Å². The summed E-state index contributed by atoms with van der Waals surface area (Å²) in [7, 11) is 0. The first kappa shape index (κ1) is 15.2. The molecule has 0 spiro atoms. The normalized spacial score (nSPS) is 13.6. The summed E-state index contributed by atoms with van der Waals surface area (Å²) in [5, 5.41) is 3.62. The Labute approximate surface area is 113 Å². The van der Waals surface area contributed by atoms with Crippen molar-refractivity contribution in [1.82, 2.24) is 5.32 Å². The maximum Gasteiger partial charge on any atom is 0.0107 e. The number of nitrogens with one attached hydrogen (secondary N) is 1. The Bertz CT molecular complexity index is 310. The van der Waals surface area contributed by atoms with Crippen molar-refractivity contribution >= 4 is 0 Å². The Kier molecular flexibility index (Phi) is 6.42. The van der Waals surface area contributed by atoms with Crippen LogP contribution in [0.1, 0.15) is 52.5 Å². The molecule has 18 heavy (non-hydrogen) atoms. The van der Waals surface area contributed by atoms with Gasteiger partial charge in [0.05, 0.1) is 0 Å². The lowest BCUT2D eigenvalue weighted by atomic mass is 9.88. The first-order valence-electron chi connectivity index (χ1n) is 7.28. The van der Waals surface area contributed by atoms with E-state index in [0.717, 1.165) is 13.0 Å². The molecule has 1 aromatic carbocycles. The highest BCUT2D eigenvalue weighted by Crippen LogP contribution is 2.22. The molecule has 0 heterocycles. The second-order valence-corrected chi connectivity index (χ2v) is 6.40. The minimum Gasteiger partial charge on any atom is -0.314 e. The van der Waals surface area contributed by atoms with Gasteiger partial charge in [0.2, 0.25) is 0 Å². The maximum atomic E-state index is 3.62. The van der Waals surface area contributed by atoms with Crippen molar-refractivity contribution in [3.05, 3.63) is 35.9 Å². The molecule has 1 atom stereocenters. The average Bonchev–Trinajstić information content (AvgIpc) is 2.29. The van der Waals surface area contributed by atoms with E-state index in [2.05, 4.69) is 63.3 Å². The molecule has 0 amide bonds. The minimum atomic E-state index is 0.462. The van der Waals surface area contributed by atoms with Crippen LogP contribution in [0, 0.1) is 5.41 Å². The predicted molar refractivity (Wildman–Crippen MR) is 80.9 cm³/mol. The molecule has 0 bridgehead atoms. The van der Waals surface area contributed by atoms with Gasteiger partial charge in [-0.15, -0.1) is 0 Å². The van der Waals surface area contributed by atoms with Gasteiger partial charge in [-0.3, -0.25) is 0 Å². The van der Waals surface area contributed by atoms with E-state index in [-0.39, 0.29) is 0 Å². The lowest BCUT2D eigenvalue weighted by Crippen LogP contribution is -2.31. The van der Waals surface area contributed by atoms with Crippen LogP contribution in [0.15, 0.2) is 30.3 Å². The van der Waals surface area contributed by atoms with Crippen molar-refractivity contribution in [3.8, 4) is 0 Å². The van der Waals surface area contributed by atoms with Crippen LogP contribution in [-0.2, 0) is 6.42 Å². The molecule has 1 heteroatoms. The third-order valence-corrected chi connectivity index (χ3v) is 3.30. The van der Waals surface area contributed by atoms with Crippen molar-refractivity contribution in [2.24, 2.45) is 5.41 Å². The Balaban J connectivity index is 2.40. The molecule has 1 unspecified atom stereocenters. The predicted octanol–water partition coefficient (Wildman–Crippen LogP) is 4.42. The summed E-state index contributed by atoms with van der Waals surface area (Å²) in [6.07, 6.45) is 5.05. The molecule has 1 rings (SSSR count). The van der Waals surface area contributed by atoms with Crippen LogP contribution in [-0.4, -0.2) is 12.6 Å². The summed E-state index contributed by atoms with van der Waals surface area (Å²) < 4.78 is 0. The molecule has 0 aromatic heterocycles. The van der Waals surface area contributed by atoms with Crippen molar-refractivity contribution in [3.63, 3.8) is 0 Å². The van der Waals surface area contributed by atoms with Crippen LogP contribution in [0.3, 0.4) is 0 Å². The van der Waals surface area contributed by atoms with Gasteiger partial charge < -0.3 is 5.32 Å². The molecule has 1 nitrogen and oxygen atoms in total. The summed E-state index contributed by atoms with van der Waals surface area (Å²) in [6, 6.07) is 11.4. The van der Waals surface area contributed by atoms with Gasteiger partial charge in [0, 0.05) is 6.04 Å². The molecule has 1 aromatic rings. The SMILES string of the molecule is CCNC(CCCC(C)(C)C)Cc1ccccc1. The zero-order valence-electron chi connectivity index (χ0n) is 12.5. The fourth-order valence-corrected chi connectivity index (χ4v) is 2.34. The monoisotopic (exact) mass is 247 g/mol. The molecule has 0 aliphatic heterocycles. The second-order valence-electron chi connectivity index (χ2n) is 6.40. The summed E-state index contributed by atoms with van der Waals surface area (Å²) in [4.78, 5) is 0. The lowest BCUT2D eigenvalue weighted by molar-refractivity contribution is 0.342. The van der Waals surface area contributed by atoms with Gasteiger partial charge >= 0.3 is 0 Å². The van der Waals surface area contributed by atoms with E-state index < -0.39 is 0 Å². The van der Waals surface area contributed by atoms with Crippen molar-refractivity contribution in [2.75, 3.05) is 6.54 Å². The van der Waals surface area contributed by atoms with Crippen LogP contribution in [0.4, 0.5) is 0 Å². The minimum absolute atomic E-state index is 0.462. The van der Waals surface area contributed by atoms with E-state index >= 15 is 0 Å². The molecule has 0 saturated carbocycles. The highest BCUT2D eigenvalue weighted by Gasteiger charge is 2.13. The van der Waals surface area contributed by atoms with Gasteiger partial charge in [-0.25, -0.2) is 0 Å². The highest BCUT2D eigenvalue weighted by atomic mass is 14.9. The smallest absolute Gasteiger partial charge is 0.0107 e. The molecule has 102 valence electrons. The molecular formula is C17H29N. The Morgan fingerprint density at radius 1 is 1.11 bits per heavy atom. The highest BCUT2D eigenvalue weighted by molar-refractivity contribution is 5.15. The van der Waals surface area contributed by atoms with Gasteiger partial charge in [0.25, 0.3) is 0 Å². The lowest BCUT2D eigenvalue weighted by Gasteiger charge is -2.22. The van der Waals surface area contributed by atoms with Gasteiger partial charge in [-0.05, 0) is 36.8 Å². The largest absolute Gasteiger partial charge is 0.314 e. The quantitative estimate of drug-likeness (QED) is 0.752. The van der Waals surface area contributed by atoms with E-state index in [1.54, 1.807) is 0 Å². The number of likely N-dealkylation sites (N-methyl/N-ethyl adjacent to an activating group) is 1. The summed E-state index contributed by atoms with van der Waals surface area (Å²) >= 11 is 0. The van der Waals surface area contributed by atoms with Gasteiger partial charge in [0.15, 0.2) is 0 Å². The summed E-state index contributed by atoms with van der Waals surface area (Å²) in [5.74, 6) is 0. The van der Waals surface area contributed by atoms with Crippen LogP contribution in [0.5, 0.6) is 0 Å². The van der Waals surface area contributed by atoms with Crippen LogP contribution in [0.2, 0.25) is 0 Å². The first-order chi connectivity index (χ1) is 8.51. The van der Waals surface area contributed by atoms with Crippen LogP contribution in [0.25, 0.3) is 0 Å².